The van der Waals surface area contributed by atoms with Gasteiger partial charge in [-0.05, 0) is 13.0 Å². The first kappa shape index (κ1) is 13.3. The number of pyridine rings is 1. The first-order valence-corrected chi connectivity index (χ1v) is 4.71. The Balaban J connectivity index is 3.27. The van der Waals surface area contributed by atoms with E-state index in [2.05, 4.69) is 14.5 Å². The van der Waals surface area contributed by atoms with Crippen molar-refractivity contribution in [3.8, 4) is 5.88 Å². The van der Waals surface area contributed by atoms with E-state index >= 15 is 0 Å². The van der Waals surface area contributed by atoms with Gasteiger partial charge in [-0.15, -0.1) is 0 Å². The number of nitrogens with zero attached hydrogens (tertiary/aromatic N) is 1. The first-order valence-electron chi connectivity index (χ1n) is 4.71. The number of aromatic nitrogens is 1. The van der Waals surface area contributed by atoms with E-state index in [9.17, 15) is 18.0 Å². The standard InChI is InChI=1S/C10H10F3NO3/c1-3-17-10(15)5-4-6(8(12)13)14-9(16-2)7(5)11/h4,8H,3H2,1-2H3. The molecule has 1 heterocycles. The molecule has 94 valence electrons. The van der Waals surface area contributed by atoms with Gasteiger partial charge in [-0.3, -0.25) is 0 Å². The Kier molecular flexibility index (Phi) is 4.30. The second-order valence-corrected chi connectivity index (χ2v) is 2.94. The molecule has 0 N–H and O–H groups in total. The summed E-state index contributed by atoms with van der Waals surface area (Å²) in [6.07, 6.45) is -2.93. The highest BCUT2D eigenvalue weighted by atomic mass is 19.3. The molecule has 0 aromatic carbocycles. The van der Waals surface area contributed by atoms with E-state index in [1.165, 1.54) is 6.92 Å². The summed E-state index contributed by atoms with van der Waals surface area (Å²) in [7, 11) is 1.07. The molecule has 1 aromatic heterocycles. The molecular weight excluding hydrogens is 239 g/mol. The van der Waals surface area contributed by atoms with Crippen LogP contribution in [0.2, 0.25) is 0 Å². The minimum atomic E-state index is -2.93. The molecule has 1 rings (SSSR count). The zero-order chi connectivity index (χ0) is 13.0. The third kappa shape index (κ3) is 2.86. The van der Waals surface area contributed by atoms with Crippen LogP contribution in [0.15, 0.2) is 6.07 Å². The first-order chi connectivity index (χ1) is 8.01. The van der Waals surface area contributed by atoms with E-state index in [4.69, 9.17) is 0 Å². The lowest BCUT2D eigenvalue weighted by Gasteiger charge is -2.08. The molecule has 0 aliphatic heterocycles. The fourth-order valence-electron chi connectivity index (χ4n) is 1.13. The normalized spacial score (nSPS) is 10.5. The van der Waals surface area contributed by atoms with Crippen LogP contribution in [-0.4, -0.2) is 24.7 Å². The number of esters is 1. The van der Waals surface area contributed by atoms with Gasteiger partial charge in [0.2, 0.25) is 0 Å². The average molecular weight is 249 g/mol. The fraction of sp³-hybridized carbons (Fsp3) is 0.400. The molecule has 0 radical (unpaired) electrons. The van der Waals surface area contributed by atoms with Crippen molar-refractivity contribution >= 4 is 5.97 Å². The van der Waals surface area contributed by atoms with Gasteiger partial charge in [0, 0.05) is 0 Å². The summed E-state index contributed by atoms with van der Waals surface area (Å²) in [6.45, 7) is 1.52. The van der Waals surface area contributed by atoms with Gasteiger partial charge in [0.15, 0.2) is 5.82 Å². The van der Waals surface area contributed by atoms with Crippen molar-refractivity contribution in [1.29, 1.82) is 0 Å². The van der Waals surface area contributed by atoms with Crippen LogP contribution in [0.3, 0.4) is 0 Å². The van der Waals surface area contributed by atoms with Crippen LogP contribution in [-0.2, 0) is 4.74 Å². The van der Waals surface area contributed by atoms with Crippen molar-refractivity contribution in [3.05, 3.63) is 23.1 Å². The molecule has 0 amide bonds. The third-order valence-electron chi connectivity index (χ3n) is 1.86. The molecule has 0 fully saturated rings. The van der Waals surface area contributed by atoms with Gasteiger partial charge in [-0.25, -0.2) is 22.9 Å². The smallest absolute Gasteiger partial charge is 0.341 e. The Bertz CT molecular complexity index is 424. The summed E-state index contributed by atoms with van der Waals surface area (Å²) in [6, 6.07) is 0.653. The Morgan fingerprint density at radius 2 is 2.18 bits per heavy atom. The molecule has 0 aliphatic rings. The van der Waals surface area contributed by atoms with E-state index in [-0.39, 0.29) is 6.61 Å². The number of halogens is 3. The molecule has 0 saturated carbocycles. The van der Waals surface area contributed by atoms with Gasteiger partial charge in [-0.1, -0.05) is 0 Å². The van der Waals surface area contributed by atoms with Gasteiger partial charge < -0.3 is 9.47 Å². The molecular formula is C10H10F3NO3. The Labute approximate surface area is 95.4 Å². The largest absolute Gasteiger partial charge is 0.479 e. The molecule has 0 spiro atoms. The van der Waals surface area contributed by atoms with E-state index in [1.807, 2.05) is 0 Å². The predicted octanol–water partition coefficient (Wildman–Crippen LogP) is 2.34. The fourth-order valence-corrected chi connectivity index (χ4v) is 1.13. The molecule has 4 nitrogen and oxygen atoms in total. The highest BCUT2D eigenvalue weighted by Gasteiger charge is 2.23. The van der Waals surface area contributed by atoms with Crippen LogP contribution in [0.25, 0.3) is 0 Å². The molecule has 1 aromatic rings. The van der Waals surface area contributed by atoms with Crippen LogP contribution in [0.1, 0.15) is 29.4 Å². The quantitative estimate of drug-likeness (QED) is 0.768. The third-order valence-corrected chi connectivity index (χ3v) is 1.86. The number of carbonyl (C=O) groups excluding carboxylic acids is 1. The summed E-state index contributed by atoms with van der Waals surface area (Å²) in [5.74, 6) is -2.81. The summed E-state index contributed by atoms with van der Waals surface area (Å²) in [5, 5.41) is 0. The van der Waals surface area contributed by atoms with E-state index in [0.717, 1.165) is 7.11 Å². The van der Waals surface area contributed by atoms with E-state index < -0.39 is 35.3 Å². The lowest BCUT2D eigenvalue weighted by atomic mass is 10.2. The molecule has 0 aliphatic carbocycles. The maximum absolute atomic E-state index is 13.6. The van der Waals surface area contributed by atoms with Crippen molar-refractivity contribution in [2.75, 3.05) is 13.7 Å². The monoisotopic (exact) mass is 249 g/mol. The second-order valence-electron chi connectivity index (χ2n) is 2.94. The van der Waals surface area contributed by atoms with Crippen LogP contribution < -0.4 is 4.74 Å². The highest BCUT2D eigenvalue weighted by Crippen LogP contribution is 2.25. The van der Waals surface area contributed by atoms with Crippen LogP contribution >= 0.6 is 0 Å². The number of methoxy groups -OCH3 is 1. The minimum absolute atomic E-state index is 0.00687. The molecule has 0 atom stereocenters. The summed E-state index contributed by atoms with van der Waals surface area (Å²) in [4.78, 5) is 14.6. The average Bonchev–Trinajstić information content (AvgIpc) is 2.29. The summed E-state index contributed by atoms with van der Waals surface area (Å²) in [5.41, 5.74) is -1.36. The molecule has 0 saturated heterocycles. The zero-order valence-corrected chi connectivity index (χ0v) is 9.17. The van der Waals surface area contributed by atoms with E-state index in [0.29, 0.717) is 6.07 Å². The Morgan fingerprint density at radius 3 is 2.65 bits per heavy atom. The maximum atomic E-state index is 13.6. The van der Waals surface area contributed by atoms with Crippen molar-refractivity contribution in [1.82, 2.24) is 4.98 Å². The number of hydrogen-bond donors (Lipinski definition) is 0. The number of alkyl halides is 2. The Morgan fingerprint density at radius 1 is 1.53 bits per heavy atom. The summed E-state index contributed by atoms with van der Waals surface area (Å²) < 4.78 is 47.5. The van der Waals surface area contributed by atoms with Gasteiger partial charge in [0.05, 0.1) is 13.7 Å². The lowest BCUT2D eigenvalue weighted by molar-refractivity contribution is 0.0519. The minimum Gasteiger partial charge on any atom is -0.479 e. The van der Waals surface area contributed by atoms with Gasteiger partial charge in [-0.2, -0.15) is 0 Å². The van der Waals surface area contributed by atoms with Gasteiger partial charge >= 0.3 is 5.97 Å². The van der Waals surface area contributed by atoms with Gasteiger partial charge in [0.25, 0.3) is 12.3 Å². The molecule has 0 unspecified atom stereocenters. The van der Waals surface area contributed by atoms with E-state index in [1.54, 1.807) is 0 Å². The number of carbonyl (C=O) groups is 1. The molecule has 0 bridgehead atoms. The SMILES string of the molecule is CCOC(=O)c1cc(C(F)F)nc(OC)c1F. The van der Waals surface area contributed by atoms with Crippen LogP contribution in [0, 0.1) is 5.82 Å². The molecule has 7 heteroatoms. The predicted molar refractivity (Wildman–Crippen MR) is 51.7 cm³/mol. The second kappa shape index (κ2) is 5.51. The Hall–Kier alpha value is -1.79. The highest BCUT2D eigenvalue weighted by molar-refractivity contribution is 5.90. The molecule has 17 heavy (non-hydrogen) atoms. The van der Waals surface area contributed by atoms with Gasteiger partial charge in [0.1, 0.15) is 11.3 Å². The maximum Gasteiger partial charge on any atom is 0.341 e. The number of rotatable bonds is 4. The van der Waals surface area contributed by atoms with Crippen molar-refractivity contribution < 1.29 is 27.4 Å². The van der Waals surface area contributed by atoms with Crippen molar-refractivity contribution in [2.45, 2.75) is 13.3 Å². The van der Waals surface area contributed by atoms with Crippen molar-refractivity contribution in [3.63, 3.8) is 0 Å². The lowest BCUT2D eigenvalue weighted by Crippen LogP contribution is -2.11. The number of hydrogen-bond acceptors (Lipinski definition) is 4. The van der Waals surface area contributed by atoms with Crippen LogP contribution in [0.4, 0.5) is 13.2 Å². The van der Waals surface area contributed by atoms with Crippen LogP contribution in [0.5, 0.6) is 5.88 Å². The summed E-state index contributed by atoms with van der Waals surface area (Å²) >= 11 is 0. The topological polar surface area (TPSA) is 48.4 Å². The zero-order valence-electron chi connectivity index (χ0n) is 9.17. The number of ether oxygens (including phenoxy) is 2. The van der Waals surface area contributed by atoms with Crippen molar-refractivity contribution in [2.24, 2.45) is 0 Å².